The van der Waals surface area contributed by atoms with E-state index < -0.39 is 0 Å². The third-order valence-corrected chi connectivity index (χ3v) is 6.59. The number of nitrogens with one attached hydrogen (secondary N) is 1. The molecule has 0 spiro atoms. The maximum atomic E-state index is 13.1. The average molecular weight is 367 g/mol. The summed E-state index contributed by atoms with van der Waals surface area (Å²) in [6, 6.07) is 10.1. The molecule has 26 heavy (non-hydrogen) atoms. The van der Waals surface area contributed by atoms with Crippen molar-refractivity contribution in [1.29, 1.82) is 0 Å². The van der Waals surface area contributed by atoms with Crippen molar-refractivity contribution in [1.82, 2.24) is 4.90 Å². The number of nitrogens with zero attached hydrogens (tertiary/aromatic N) is 2. The van der Waals surface area contributed by atoms with Crippen molar-refractivity contribution < 1.29 is 9.59 Å². The summed E-state index contributed by atoms with van der Waals surface area (Å²) in [6.07, 6.45) is 3.51. The number of hydrogen-bond acceptors (Lipinski definition) is 4. The predicted octanol–water partition coefficient (Wildman–Crippen LogP) is 3.04. The highest BCUT2D eigenvalue weighted by Crippen LogP contribution is 2.48. The van der Waals surface area contributed by atoms with E-state index in [-0.39, 0.29) is 18.4 Å². The fourth-order valence-corrected chi connectivity index (χ4v) is 5.17. The summed E-state index contributed by atoms with van der Waals surface area (Å²) in [4.78, 5) is 30.6. The van der Waals surface area contributed by atoms with Gasteiger partial charge in [0.2, 0.25) is 11.8 Å². The fourth-order valence-electron chi connectivity index (χ4n) is 4.25. The Morgan fingerprint density at radius 3 is 2.92 bits per heavy atom. The molecule has 3 aliphatic rings. The number of rotatable bonds is 3. The highest BCUT2D eigenvalue weighted by Gasteiger charge is 2.41. The first-order valence-corrected chi connectivity index (χ1v) is 10.1. The second kappa shape index (κ2) is 6.21. The smallest absolute Gasteiger partial charge is 0.244 e. The standard InChI is InChI=1S/C20H21N3O2S/c24-18-11-23(16-4-2-1-3-15(16)21-18)19(25)12-22-9-7-17-14(8-10-26-17)20(22)13-5-6-13/h1-4,8,10,13,20H,5-7,9,11-12H2,(H,21,24)/t20-/m1/s1. The molecule has 0 radical (unpaired) electrons. The summed E-state index contributed by atoms with van der Waals surface area (Å²) < 4.78 is 0. The average Bonchev–Trinajstić information content (AvgIpc) is 3.36. The predicted molar refractivity (Wildman–Crippen MR) is 102 cm³/mol. The lowest BCUT2D eigenvalue weighted by Crippen LogP contribution is -2.48. The molecule has 1 fully saturated rings. The number of hydrogen-bond donors (Lipinski definition) is 1. The molecule has 3 heterocycles. The van der Waals surface area contributed by atoms with Gasteiger partial charge < -0.3 is 5.32 Å². The topological polar surface area (TPSA) is 52.7 Å². The highest BCUT2D eigenvalue weighted by atomic mass is 32.1. The van der Waals surface area contributed by atoms with Crippen LogP contribution >= 0.6 is 11.3 Å². The SMILES string of the molecule is O=C1CN(C(=O)CN2CCc3sccc3[C@H]2C2CC2)c2ccccc2N1. The summed E-state index contributed by atoms with van der Waals surface area (Å²) in [6.45, 7) is 1.39. The van der Waals surface area contributed by atoms with Crippen LogP contribution in [0.15, 0.2) is 35.7 Å². The molecule has 0 unspecified atom stereocenters. The lowest BCUT2D eigenvalue weighted by Gasteiger charge is -2.37. The van der Waals surface area contributed by atoms with Gasteiger partial charge in [-0.05, 0) is 54.3 Å². The van der Waals surface area contributed by atoms with E-state index in [0.29, 0.717) is 18.5 Å². The van der Waals surface area contributed by atoms with E-state index in [9.17, 15) is 9.59 Å². The summed E-state index contributed by atoms with van der Waals surface area (Å²) in [7, 11) is 0. The van der Waals surface area contributed by atoms with E-state index >= 15 is 0 Å². The summed E-state index contributed by atoms with van der Waals surface area (Å²) in [5.74, 6) is 0.555. The van der Waals surface area contributed by atoms with Crippen LogP contribution in [0.5, 0.6) is 0 Å². The van der Waals surface area contributed by atoms with Crippen molar-refractivity contribution in [3.63, 3.8) is 0 Å². The van der Waals surface area contributed by atoms with Crippen LogP contribution in [0.4, 0.5) is 11.4 Å². The number of carbonyl (C=O) groups excluding carboxylic acids is 2. The Morgan fingerprint density at radius 2 is 2.08 bits per heavy atom. The molecule has 1 atom stereocenters. The third-order valence-electron chi connectivity index (χ3n) is 5.60. The zero-order valence-electron chi connectivity index (χ0n) is 14.5. The van der Waals surface area contributed by atoms with Crippen LogP contribution in [0, 0.1) is 5.92 Å². The fraction of sp³-hybridized carbons (Fsp3) is 0.400. The maximum absolute atomic E-state index is 13.1. The highest BCUT2D eigenvalue weighted by molar-refractivity contribution is 7.10. The normalized spacial score (nSPS) is 22.5. The van der Waals surface area contributed by atoms with Crippen molar-refractivity contribution in [2.24, 2.45) is 5.92 Å². The van der Waals surface area contributed by atoms with Gasteiger partial charge in [0, 0.05) is 17.5 Å². The van der Waals surface area contributed by atoms with Crippen LogP contribution < -0.4 is 10.2 Å². The van der Waals surface area contributed by atoms with Gasteiger partial charge in [-0.3, -0.25) is 19.4 Å². The number of fused-ring (bicyclic) bond motifs is 2. The Morgan fingerprint density at radius 1 is 1.23 bits per heavy atom. The molecule has 5 rings (SSSR count). The van der Waals surface area contributed by atoms with E-state index in [0.717, 1.165) is 24.3 Å². The van der Waals surface area contributed by atoms with Gasteiger partial charge in [0.1, 0.15) is 6.54 Å². The zero-order valence-corrected chi connectivity index (χ0v) is 15.3. The summed E-state index contributed by atoms with van der Waals surface area (Å²) in [5.41, 5.74) is 2.94. The number of para-hydroxylation sites is 2. The zero-order chi connectivity index (χ0) is 17.7. The van der Waals surface area contributed by atoms with E-state index in [4.69, 9.17) is 0 Å². The number of thiophene rings is 1. The molecule has 2 aromatic rings. The second-order valence-corrected chi connectivity index (χ2v) is 8.35. The lowest BCUT2D eigenvalue weighted by molar-refractivity contribution is -0.123. The van der Waals surface area contributed by atoms with Crippen molar-refractivity contribution in [3.8, 4) is 0 Å². The number of benzene rings is 1. The number of anilines is 2. The molecular formula is C20H21N3O2S. The molecule has 0 saturated heterocycles. The van der Waals surface area contributed by atoms with Crippen LogP contribution in [-0.2, 0) is 16.0 Å². The molecule has 1 saturated carbocycles. The van der Waals surface area contributed by atoms with Crippen LogP contribution in [0.3, 0.4) is 0 Å². The first kappa shape index (κ1) is 16.0. The van der Waals surface area contributed by atoms with Gasteiger partial charge in [0.15, 0.2) is 0 Å². The van der Waals surface area contributed by atoms with Gasteiger partial charge in [-0.25, -0.2) is 0 Å². The van der Waals surface area contributed by atoms with Crippen LogP contribution in [0.25, 0.3) is 0 Å². The van der Waals surface area contributed by atoms with E-state index in [2.05, 4.69) is 21.7 Å². The minimum absolute atomic E-state index is 0.0108. The van der Waals surface area contributed by atoms with Gasteiger partial charge >= 0.3 is 0 Å². The van der Waals surface area contributed by atoms with Crippen LogP contribution in [0.2, 0.25) is 0 Å². The molecule has 1 aliphatic carbocycles. The number of carbonyl (C=O) groups is 2. The Bertz CT molecular complexity index is 873. The second-order valence-electron chi connectivity index (χ2n) is 7.35. The quantitative estimate of drug-likeness (QED) is 0.907. The molecule has 5 nitrogen and oxygen atoms in total. The molecule has 1 N–H and O–H groups in total. The van der Waals surface area contributed by atoms with Crippen LogP contribution in [0.1, 0.15) is 29.3 Å². The largest absolute Gasteiger partial charge is 0.323 e. The van der Waals surface area contributed by atoms with Crippen molar-refractivity contribution in [2.45, 2.75) is 25.3 Å². The first-order chi connectivity index (χ1) is 12.7. The Hall–Kier alpha value is -2.18. The summed E-state index contributed by atoms with van der Waals surface area (Å²) >= 11 is 1.84. The van der Waals surface area contributed by atoms with Gasteiger partial charge in [0.05, 0.1) is 17.9 Å². The Kier molecular flexibility index (Phi) is 3.83. The molecule has 2 amide bonds. The maximum Gasteiger partial charge on any atom is 0.244 e. The molecule has 0 bridgehead atoms. The molecule has 1 aromatic heterocycles. The minimum atomic E-state index is -0.130. The van der Waals surface area contributed by atoms with Crippen molar-refractivity contribution in [2.75, 3.05) is 29.9 Å². The molecule has 1 aromatic carbocycles. The van der Waals surface area contributed by atoms with E-state index in [1.807, 2.05) is 35.6 Å². The first-order valence-electron chi connectivity index (χ1n) is 9.20. The van der Waals surface area contributed by atoms with Crippen molar-refractivity contribution in [3.05, 3.63) is 46.2 Å². The van der Waals surface area contributed by atoms with Crippen LogP contribution in [-0.4, -0.2) is 36.3 Å². The monoisotopic (exact) mass is 367 g/mol. The lowest BCUT2D eigenvalue weighted by atomic mass is 9.96. The van der Waals surface area contributed by atoms with Gasteiger partial charge in [-0.1, -0.05) is 12.1 Å². The third kappa shape index (κ3) is 2.73. The van der Waals surface area contributed by atoms with Crippen molar-refractivity contribution >= 4 is 34.5 Å². The van der Waals surface area contributed by atoms with E-state index in [1.165, 1.54) is 23.3 Å². The summed E-state index contributed by atoms with van der Waals surface area (Å²) in [5, 5.41) is 5.03. The Balaban J connectivity index is 1.40. The van der Waals surface area contributed by atoms with Gasteiger partial charge in [-0.2, -0.15) is 0 Å². The van der Waals surface area contributed by atoms with Gasteiger partial charge in [-0.15, -0.1) is 11.3 Å². The molecule has 2 aliphatic heterocycles. The molecule has 134 valence electrons. The van der Waals surface area contributed by atoms with E-state index in [1.54, 1.807) is 4.90 Å². The molecule has 6 heteroatoms. The Labute approximate surface area is 156 Å². The minimum Gasteiger partial charge on any atom is -0.323 e. The molecular weight excluding hydrogens is 346 g/mol. The number of amides is 2. The van der Waals surface area contributed by atoms with Gasteiger partial charge in [0.25, 0.3) is 0 Å².